The summed E-state index contributed by atoms with van der Waals surface area (Å²) in [6.07, 6.45) is 3.83. The van der Waals surface area contributed by atoms with Crippen molar-refractivity contribution in [2.24, 2.45) is 0 Å². The monoisotopic (exact) mass is 433 g/mol. The van der Waals surface area contributed by atoms with Gasteiger partial charge in [0.25, 0.3) is 0 Å². The van der Waals surface area contributed by atoms with E-state index in [0.29, 0.717) is 16.3 Å². The normalized spacial score (nSPS) is 10.9. The van der Waals surface area contributed by atoms with E-state index in [0.717, 1.165) is 22.3 Å². The Hall–Kier alpha value is -3.45. The number of hydrogen-bond acceptors (Lipinski definition) is 5. The van der Waals surface area contributed by atoms with E-state index in [9.17, 15) is 9.59 Å². The van der Waals surface area contributed by atoms with Crippen molar-refractivity contribution in [2.75, 3.05) is 11.9 Å². The number of nitrogens with one attached hydrogen (secondary N) is 1. The lowest BCUT2D eigenvalue weighted by molar-refractivity contribution is -0.115. The quantitative estimate of drug-likeness (QED) is 0.433. The molecule has 0 radical (unpaired) electrons. The summed E-state index contributed by atoms with van der Waals surface area (Å²) in [5.74, 6) is -0.678. The van der Waals surface area contributed by atoms with Gasteiger partial charge in [-0.05, 0) is 49.6 Å². The number of anilines is 1. The van der Waals surface area contributed by atoms with Crippen molar-refractivity contribution < 1.29 is 14.3 Å². The lowest BCUT2D eigenvalue weighted by atomic mass is 9.99. The van der Waals surface area contributed by atoms with Crippen LogP contribution < -0.4 is 5.32 Å². The van der Waals surface area contributed by atoms with Crippen LogP contribution in [0.5, 0.6) is 0 Å². The molecule has 0 spiro atoms. The summed E-state index contributed by atoms with van der Waals surface area (Å²) < 4.78 is 7.15. The highest BCUT2D eigenvalue weighted by molar-refractivity contribution is 7.15. The number of hydrogen-bond donors (Lipinski definition) is 1. The van der Waals surface area contributed by atoms with Crippen LogP contribution in [0.25, 0.3) is 16.8 Å². The second-order valence-electron chi connectivity index (χ2n) is 7.30. The number of benzene rings is 1. The molecule has 31 heavy (non-hydrogen) atoms. The highest BCUT2D eigenvalue weighted by Crippen LogP contribution is 2.37. The van der Waals surface area contributed by atoms with Crippen LogP contribution in [0.4, 0.5) is 5.00 Å². The molecule has 6 nitrogen and oxygen atoms in total. The molecule has 0 saturated heterocycles. The van der Waals surface area contributed by atoms with Crippen LogP contribution in [0.15, 0.2) is 54.2 Å². The largest absolute Gasteiger partial charge is 0.462 e. The SMILES string of the molecule is CCOC(=O)c1c(-c2ccc(C)c(C)c2)csc1NC(=O)Cc1cn2ccccc2n1. The number of aromatic nitrogens is 2. The van der Waals surface area contributed by atoms with E-state index in [1.165, 1.54) is 16.9 Å². The van der Waals surface area contributed by atoms with Crippen LogP contribution >= 0.6 is 11.3 Å². The summed E-state index contributed by atoms with van der Waals surface area (Å²) in [6.45, 7) is 6.11. The van der Waals surface area contributed by atoms with Crippen LogP contribution in [0, 0.1) is 13.8 Å². The van der Waals surface area contributed by atoms with Gasteiger partial charge in [0.05, 0.1) is 18.7 Å². The van der Waals surface area contributed by atoms with Crippen molar-refractivity contribution in [3.8, 4) is 11.1 Å². The van der Waals surface area contributed by atoms with Gasteiger partial charge in [-0.3, -0.25) is 4.79 Å². The van der Waals surface area contributed by atoms with Gasteiger partial charge in [0.15, 0.2) is 0 Å². The molecule has 0 bridgehead atoms. The first-order valence-corrected chi connectivity index (χ1v) is 10.9. The minimum Gasteiger partial charge on any atom is -0.462 e. The fourth-order valence-corrected chi connectivity index (χ4v) is 4.36. The number of esters is 1. The van der Waals surface area contributed by atoms with E-state index in [4.69, 9.17) is 4.74 Å². The molecule has 7 heteroatoms. The highest BCUT2D eigenvalue weighted by Gasteiger charge is 2.23. The van der Waals surface area contributed by atoms with Gasteiger partial charge in [0, 0.05) is 23.3 Å². The number of nitrogens with zero attached hydrogens (tertiary/aromatic N) is 2. The van der Waals surface area contributed by atoms with E-state index in [2.05, 4.69) is 10.3 Å². The standard InChI is InChI=1S/C24H23N3O3S/c1-4-30-24(29)22-19(17-9-8-15(2)16(3)11-17)14-31-23(22)26-21(28)12-18-13-27-10-6-5-7-20(27)25-18/h5-11,13-14H,4,12H2,1-3H3,(H,26,28). The molecular weight excluding hydrogens is 410 g/mol. The molecule has 3 heterocycles. The Morgan fingerprint density at radius 3 is 2.74 bits per heavy atom. The molecular formula is C24H23N3O3S. The zero-order valence-electron chi connectivity index (χ0n) is 17.6. The molecule has 158 valence electrons. The molecule has 1 N–H and O–H groups in total. The zero-order chi connectivity index (χ0) is 22.0. The lowest BCUT2D eigenvalue weighted by Gasteiger charge is -2.09. The van der Waals surface area contributed by atoms with E-state index < -0.39 is 5.97 Å². The average Bonchev–Trinajstić information content (AvgIpc) is 3.33. The van der Waals surface area contributed by atoms with Crippen molar-refractivity contribution in [3.63, 3.8) is 0 Å². The topological polar surface area (TPSA) is 72.7 Å². The number of aryl methyl sites for hydroxylation is 2. The molecule has 1 aromatic carbocycles. The maximum atomic E-state index is 12.7. The molecule has 0 unspecified atom stereocenters. The van der Waals surface area contributed by atoms with Crippen molar-refractivity contribution in [2.45, 2.75) is 27.2 Å². The van der Waals surface area contributed by atoms with Gasteiger partial charge >= 0.3 is 5.97 Å². The number of pyridine rings is 1. The summed E-state index contributed by atoms with van der Waals surface area (Å²) in [5.41, 5.74) is 5.82. The number of amides is 1. The number of ether oxygens (including phenoxy) is 1. The minimum atomic E-state index is -0.444. The van der Waals surface area contributed by atoms with E-state index in [-0.39, 0.29) is 18.9 Å². The van der Waals surface area contributed by atoms with Gasteiger partial charge < -0.3 is 14.5 Å². The molecule has 0 aliphatic heterocycles. The van der Waals surface area contributed by atoms with Crippen LogP contribution in [0.3, 0.4) is 0 Å². The number of thiophene rings is 1. The second-order valence-corrected chi connectivity index (χ2v) is 8.18. The highest BCUT2D eigenvalue weighted by atomic mass is 32.1. The fourth-order valence-electron chi connectivity index (χ4n) is 3.38. The third-order valence-electron chi connectivity index (χ3n) is 5.10. The smallest absolute Gasteiger partial charge is 0.341 e. The molecule has 3 aromatic heterocycles. The van der Waals surface area contributed by atoms with Gasteiger partial charge in [-0.1, -0.05) is 24.3 Å². The van der Waals surface area contributed by atoms with E-state index in [1.54, 1.807) is 6.92 Å². The first-order chi connectivity index (χ1) is 15.0. The number of fused-ring (bicyclic) bond motifs is 1. The number of rotatable bonds is 6. The van der Waals surface area contributed by atoms with E-state index in [1.807, 2.05) is 72.4 Å². The molecule has 4 aromatic rings. The van der Waals surface area contributed by atoms with Crippen LogP contribution in [-0.4, -0.2) is 27.9 Å². The molecule has 0 saturated carbocycles. The third-order valence-corrected chi connectivity index (χ3v) is 5.99. The predicted octanol–water partition coefficient (Wildman–Crippen LogP) is 5.04. The molecule has 1 amide bonds. The summed E-state index contributed by atoms with van der Waals surface area (Å²) >= 11 is 1.32. The summed E-state index contributed by atoms with van der Waals surface area (Å²) in [7, 11) is 0. The fraction of sp³-hybridized carbons (Fsp3) is 0.208. The number of carbonyl (C=O) groups excluding carboxylic acids is 2. The van der Waals surface area contributed by atoms with Crippen molar-refractivity contribution >= 4 is 33.9 Å². The summed E-state index contributed by atoms with van der Waals surface area (Å²) in [6, 6.07) is 11.7. The molecule has 0 fully saturated rings. The molecule has 0 atom stereocenters. The van der Waals surface area contributed by atoms with Crippen LogP contribution in [0.1, 0.15) is 34.1 Å². The first-order valence-electron chi connectivity index (χ1n) is 10.0. The predicted molar refractivity (Wildman–Crippen MR) is 123 cm³/mol. The molecule has 4 rings (SSSR count). The molecule has 0 aliphatic carbocycles. The Morgan fingerprint density at radius 2 is 2.00 bits per heavy atom. The third kappa shape index (κ3) is 4.36. The minimum absolute atomic E-state index is 0.112. The number of imidazole rings is 1. The van der Waals surface area contributed by atoms with Crippen molar-refractivity contribution in [1.82, 2.24) is 9.38 Å². The summed E-state index contributed by atoms with van der Waals surface area (Å²) in [4.78, 5) is 29.9. The second kappa shape index (κ2) is 8.73. The Labute approximate surface area is 184 Å². The lowest BCUT2D eigenvalue weighted by Crippen LogP contribution is -2.16. The van der Waals surface area contributed by atoms with Gasteiger partial charge in [0.1, 0.15) is 16.2 Å². The van der Waals surface area contributed by atoms with Crippen LogP contribution in [0.2, 0.25) is 0 Å². The van der Waals surface area contributed by atoms with Crippen molar-refractivity contribution in [1.29, 1.82) is 0 Å². The Balaban J connectivity index is 1.62. The van der Waals surface area contributed by atoms with Gasteiger partial charge in [-0.2, -0.15) is 0 Å². The van der Waals surface area contributed by atoms with E-state index >= 15 is 0 Å². The van der Waals surface area contributed by atoms with Gasteiger partial charge in [-0.15, -0.1) is 11.3 Å². The van der Waals surface area contributed by atoms with Crippen LogP contribution in [-0.2, 0) is 16.0 Å². The van der Waals surface area contributed by atoms with Crippen molar-refractivity contribution in [3.05, 3.63) is 76.6 Å². The Kier molecular flexibility index (Phi) is 5.86. The zero-order valence-corrected chi connectivity index (χ0v) is 18.5. The van der Waals surface area contributed by atoms with Gasteiger partial charge in [0.2, 0.25) is 5.91 Å². The first kappa shape index (κ1) is 20.8. The van der Waals surface area contributed by atoms with Gasteiger partial charge in [-0.25, -0.2) is 9.78 Å². The Morgan fingerprint density at radius 1 is 1.16 bits per heavy atom. The molecule has 0 aliphatic rings. The summed E-state index contributed by atoms with van der Waals surface area (Å²) in [5, 5.41) is 5.26. The maximum Gasteiger partial charge on any atom is 0.341 e. The number of carbonyl (C=O) groups is 2. The average molecular weight is 434 g/mol. The maximum absolute atomic E-state index is 12.7. The Bertz CT molecular complexity index is 1240.